The zero-order valence-corrected chi connectivity index (χ0v) is 18.5. The molecule has 2 amide bonds. The van der Waals surface area contributed by atoms with Crippen LogP contribution in [0.2, 0.25) is 0 Å². The fourth-order valence-electron chi connectivity index (χ4n) is 4.26. The number of thioether (sulfide) groups is 1. The third-order valence-electron chi connectivity index (χ3n) is 5.88. The third kappa shape index (κ3) is 4.91. The molecule has 0 aromatic heterocycles. The van der Waals surface area contributed by atoms with E-state index in [1.165, 1.54) is 22.9 Å². The maximum Gasteiger partial charge on any atom is 0.407 e. The minimum absolute atomic E-state index is 0.00822. The van der Waals surface area contributed by atoms with Gasteiger partial charge in [0.15, 0.2) is 0 Å². The number of carboxylic acids is 1. The Morgan fingerprint density at radius 2 is 1.72 bits per heavy atom. The summed E-state index contributed by atoms with van der Waals surface area (Å²) in [5.74, 6) is -0.329. The second-order valence-electron chi connectivity index (χ2n) is 7.89. The third-order valence-corrected chi connectivity index (χ3v) is 7.05. The number of nitrogens with zero attached hydrogens (tertiary/aromatic N) is 1. The van der Waals surface area contributed by atoms with Gasteiger partial charge in [0.2, 0.25) is 5.91 Å². The molecule has 1 aliphatic carbocycles. The van der Waals surface area contributed by atoms with Gasteiger partial charge in [0, 0.05) is 37.7 Å². The molecule has 2 aromatic carbocycles. The van der Waals surface area contributed by atoms with E-state index in [0.717, 1.165) is 11.1 Å². The number of rotatable bonds is 7. The summed E-state index contributed by atoms with van der Waals surface area (Å²) in [5.41, 5.74) is 4.67. The van der Waals surface area contributed by atoms with E-state index in [4.69, 9.17) is 9.84 Å². The molecule has 1 aliphatic heterocycles. The van der Waals surface area contributed by atoms with Crippen LogP contribution in [0.4, 0.5) is 4.79 Å². The van der Waals surface area contributed by atoms with E-state index in [1.54, 1.807) is 4.90 Å². The smallest absolute Gasteiger partial charge is 0.407 e. The predicted molar refractivity (Wildman–Crippen MR) is 123 cm³/mol. The second-order valence-corrected chi connectivity index (χ2v) is 9.20. The van der Waals surface area contributed by atoms with Crippen LogP contribution in [-0.2, 0) is 14.3 Å². The second kappa shape index (κ2) is 10.1. The van der Waals surface area contributed by atoms with E-state index in [1.807, 2.05) is 24.3 Å². The average Bonchev–Trinajstić information content (AvgIpc) is 3.14. The topological polar surface area (TPSA) is 95.9 Å². The summed E-state index contributed by atoms with van der Waals surface area (Å²) in [5, 5.41) is 11.3. The predicted octanol–water partition coefficient (Wildman–Crippen LogP) is 3.33. The molecule has 2 aromatic rings. The van der Waals surface area contributed by atoms with Crippen LogP contribution >= 0.6 is 11.8 Å². The van der Waals surface area contributed by atoms with Crippen molar-refractivity contribution in [2.75, 3.05) is 32.0 Å². The van der Waals surface area contributed by atoms with Gasteiger partial charge >= 0.3 is 12.1 Å². The molecule has 4 rings (SSSR count). The molecule has 2 aliphatic rings. The van der Waals surface area contributed by atoms with Crippen LogP contribution < -0.4 is 5.32 Å². The van der Waals surface area contributed by atoms with Crippen LogP contribution in [-0.4, -0.2) is 65.2 Å². The first-order valence-corrected chi connectivity index (χ1v) is 11.8. The van der Waals surface area contributed by atoms with Crippen LogP contribution in [0.1, 0.15) is 29.9 Å². The van der Waals surface area contributed by atoms with Crippen molar-refractivity contribution in [2.24, 2.45) is 0 Å². The van der Waals surface area contributed by atoms with Gasteiger partial charge in [0.1, 0.15) is 11.9 Å². The number of hydrogen-bond donors (Lipinski definition) is 2. The van der Waals surface area contributed by atoms with Gasteiger partial charge in [0.05, 0.1) is 0 Å². The summed E-state index contributed by atoms with van der Waals surface area (Å²) in [4.78, 5) is 37.2. The van der Waals surface area contributed by atoms with Gasteiger partial charge in [-0.25, -0.2) is 4.79 Å². The number of amides is 2. The molecule has 0 bridgehead atoms. The van der Waals surface area contributed by atoms with Crippen LogP contribution in [0, 0.1) is 0 Å². The molecule has 1 heterocycles. The Hall–Kier alpha value is -3.00. The molecule has 8 heteroatoms. The lowest BCUT2D eigenvalue weighted by Gasteiger charge is -2.30. The maximum atomic E-state index is 12.3. The number of carbonyl (C=O) groups is 3. The number of ether oxygens (including phenoxy) is 1. The molecule has 1 fully saturated rings. The van der Waals surface area contributed by atoms with Crippen molar-refractivity contribution in [3.63, 3.8) is 0 Å². The van der Waals surface area contributed by atoms with E-state index >= 15 is 0 Å². The molecule has 0 saturated carbocycles. The molecule has 7 nitrogen and oxygen atoms in total. The number of carboxylic acid groups (broad SMARTS) is 1. The summed E-state index contributed by atoms with van der Waals surface area (Å²) in [6.45, 7) is 1.37. The zero-order valence-electron chi connectivity index (χ0n) is 17.7. The van der Waals surface area contributed by atoms with Crippen molar-refractivity contribution in [1.29, 1.82) is 0 Å². The normalized spacial score (nSPS) is 17.4. The van der Waals surface area contributed by atoms with Crippen LogP contribution in [0.5, 0.6) is 0 Å². The molecular weight excluding hydrogens is 428 g/mol. The highest BCUT2D eigenvalue weighted by Crippen LogP contribution is 2.44. The molecule has 2 N–H and O–H groups in total. The van der Waals surface area contributed by atoms with Gasteiger partial charge in [-0.15, -0.1) is 11.8 Å². The Bertz CT molecular complexity index is 966. The first kappa shape index (κ1) is 22.2. The Labute approximate surface area is 191 Å². The lowest BCUT2D eigenvalue weighted by molar-refractivity contribution is -0.138. The highest BCUT2D eigenvalue weighted by Gasteiger charge is 2.30. The van der Waals surface area contributed by atoms with Crippen molar-refractivity contribution in [1.82, 2.24) is 10.2 Å². The number of benzene rings is 2. The van der Waals surface area contributed by atoms with E-state index in [2.05, 4.69) is 29.6 Å². The van der Waals surface area contributed by atoms with Crippen LogP contribution in [0.15, 0.2) is 48.5 Å². The first-order chi connectivity index (χ1) is 15.5. The van der Waals surface area contributed by atoms with Gasteiger partial charge in [-0.3, -0.25) is 9.59 Å². The first-order valence-electron chi connectivity index (χ1n) is 10.8. The lowest BCUT2D eigenvalue weighted by atomic mass is 9.98. The molecule has 32 heavy (non-hydrogen) atoms. The van der Waals surface area contributed by atoms with Crippen molar-refractivity contribution in [3.05, 3.63) is 59.7 Å². The molecule has 1 unspecified atom stereocenters. The fourth-order valence-corrected chi connectivity index (χ4v) is 5.30. The number of aliphatic carboxylic acids is 1. The summed E-state index contributed by atoms with van der Waals surface area (Å²) >= 11 is 1.37. The maximum absolute atomic E-state index is 12.3. The highest BCUT2D eigenvalue weighted by atomic mass is 32.2. The van der Waals surface area contributed by atoms with Gasteiger partial charge in [-0.1, -0.05) is 48.5 Å². The number of fused-ring (bicyclic) bond motifs is 3. The van der Waals surface area contributed by atoms with E-state index < -0.39 is 17.3 Å². The minimum atomic E-state index is -0.885. The molecule has 1 saturated heterocycles. The van der Waals surface area contributed by atoms with Crippen molar-refractivity contribution in [3.8, 4) is 11.1 Å². The van der Waals surface area contributed by atoms with Crippen LogP contribution in [0.3, 0.4) is 0 Å². The van der Waals surface area contributed by atoms with Crippen molar-refractivity contribution >= 4 is 29.7 Å². The minimum Gasteiger partial charge on any atom is -0.480 e. The SMILES string of the molecule is O=C(NCCCC(=O)N1CCSC(C(=O)O)C1)OCC1c2ccccc2-c2ccccc21. The Balaban J connectivity index is 1.21. The summed E-state index contributed by atoms with van der Waals surface area (Å²) in [6, 6.07) is 16.3. The number of nitrogens with one attached hydrogen (secondary N) is 1. The molecule has 0 radical (unpaired) electrons. The summed E-state index contributed by atoms with van der Waals surface area (Å²) < 4.78 is 5.49. The largest absolute Gasteiger partial charge is 0.480 e. The van der Waals surface area contributed by atoms with Crippen molar-refractivity contribution in [2.45, 2.75) is 24.0 Å². The fraction of sp³-hybridized carbons (Fsp3) is 0.375. The number of hydrogen-bond acceptors (Lipinski definition) is 5. The van der Waals surface area contributed by atoms with Gasteiger partial charge < -0.3 is 20.1 Å². The molecular formula is C24H26N2O5S. The molecule has 0 spiro atoms. The zero-order chi connectivity index (χ0) is 22.5. The molecule has 1 atom stereocenters. The van der Waals surface area contributed by atoms with E-state index in [9.17, 15) is 14.4 Å². The monoisotopic (exact) mass is 454 g/mol. The van der Waals surface area contributed by atoms with E-state index in [0.29, 0.717) is 25.3 Å². The number of alkyl carbamates (subject to hydrolysis) is 1. The highest BCUT2D eigenvalue weighted by molar-refractivity contribution is 8.00. The Kier molecular flexibility index (Phi) is 6.99. The quantitative estimate of drug-likeness (QED) is 0.623. The van der Waals surface area contributed by atoms with Gasteiger partial charge in [0.25, 0.3) is 0 Å². The van der Waals surface area contributed by atoms with E-state index in [-0.39, 0.29) is 31.4 Å². The summed E-state index contributed by atoms with van der Waals surface area (Å²) in [6.07, 6.45) is 0.241. The lowest BCUT2D eigenvalue weighted by Crippen LogP contribution is -2.44. The molecule has 168 valence electrons. The van der Waals surface area contributed by atoms with Gasteiger partial charge in [-0.2, -0.15) is 0 Å². The standard InChI is InChI=1S/C24H26N2O5S/c27-22(26-12-13-32-21(14-26)23(28)29)10-5-11-25-24(30)31-15-20-18-8-3-1-6-16(18)17-7-2-4-9-19(17)20/h1-4,6-9,20-21H,5,10-15H2,(H,25,30)(H,28,29). The number of carbonyl (C=O) groups excluding carboxylic acids is 2. The van der Waals surface area contributed by atoms with Gasteiger partial charge in [-0.05, 0) is 28.7 Å². The Morgan fingerprint density at radius 3 is 2.38 bits per heavy atom. The average molecular weight is 455 g/mol. The van der Waals surface area contributed by atoms with Crippen LogP contribution in [0.25, 0.3) is 11.1 Å². The summed E-state index contributed by atoms with van der Waals surface area (Å²) in [7, 11) is 0. The Morgan fingerprint density at radius 1 is 1.06 bits per heavy atom. The van der Waals surface area contributed by atoms with Crippen molar-refractivity contribution < 1.29 is 24.2 Å².